The number of benzene rings is 1. The molecule has 2 aliphatic rings. The SMILES string of the molecule is Fc1cc(C(F)(F)F)ccc1CO[C@@H]1C[C@@H]2CN[C@H]1C2. The van der Waals surface area contributed by atoms with Crippen LogP contribution in [0.5, 0.6) is 0 Å². The highest BCUT2D eigenvalue weighted by molar-refractivity contribution is 5.26. The molecule has 20 heavy (non-hydrogen) atoms. The van der Waals surface area contributed by atoms with Gasteiger partial charge in [-0.3, -0.25) is 0 Å². The summed E-state index contributed by atoms with van der Waals surface area (Å²) in [5, 5.41) is 3.32. The normalized spacial score (nSPS) is 29.1. The molecule has 1 saturated carbocycles. The summed E-state index contributed by atoms with van der Waals surface area (Å²) in [6, 6.07) is 2.87. The molecule has 3 rings (SSSR count). The van der Waals surface area contributed by atoms with Crippen molar-refractivity contribution in [1.29, 1.82) is 0 Å². The average Bonchev–Trinajstić information content (AvgIpc) is 2.98. The third kappa shape index (κ3) is 2.67. The standard InChI is InChI=1S/C14H15F4NO/c15-11-5-10(14(16,17)18)2-1-9(11)7-20-13-4-8-3-12(13)19-6-8/h1-2,5,8,12-13,19H,3-4,6-7H2/t8-,12+,13-/m1/s1. The number of halogens is 4. The summed E-state index contributed by atoms with van der Waals surface area (Å²) in [4.78, 5) is 0. The van der Waals surface area contributed by atoms with Gasteiger partial charge in [-0.15, -0.1) is 0 Å². The lowest BCUT2D eigenvalue weighted by Crippen LogP contribution is -2.38. The van der Waals surface area contributed by atoms with Gasteiger partial charge in [-0.1, -0.05) is 6.07 Å². The number of alkyl halides is 3. The zero-order valence-electron chi connectivity index (χ0n) is 10.7. The van der Waals surface area contributed by atoms with Gasteiger partial charge in [0.05, 0.1) is 18.3 Å². The lowest BCUT2D eigenvalue weighted by Gasteiger charge is -2.23. The van der Waals surface area contributed by atoms with Crippen molar-refractivity contribution in [2.75, 3.05) is 6.54 Å². The predicted molar refractivity (Wildman–Crippen MR) is 64.5 cm³/mol. The second kappa shape index (κ2) is 5.00. The molecule has 0 radical (unpaired) electrons. The summed E-state index contributed by atoms with van der Waals surface area (Å²) >= 11 is 0. The van der Waals surface area contributed by atoms with Crippen LogP contribution in [-0.2, 0) is 17.5 Å². The van der Waals surface area contributed by atoms with E-state index in [0.717, 1.165) is 31.5 Å². The predicted octanol–water partition coefficient (Wildman–Crippen LogP) is 3.11. The van der Waals surface area contributed by atoms with Crippen LogP contribution in [0.2, 0.25) is 0 Å². The third-order valence-electron chi connectivity index (χ3n) is 4.10. The Morgan fingerprint density at radius 3 is 2.60 bits per heavy atom. The minimum absolute atomic E-state index is 0.0134. The molecule has 0 unspecified atom stereocenters. The Labute approximate surface area is 114 Å². The number of ether oxygens (including phenoxy) is 1. The summed E-state index contributed by atoms with van der Waals surface area (Å²) in [5.74, 6) is -0.251. The molecule has 1 heterocycles. The molecule has 1 aliphatic heterocycles. The molecule has 3 atom stereocenters. The van der Waals surface area contributed by atoms with Crippen molar-refractivity contribution in [2.45, 2.75) is 37.8 Å². The molecule has 1 aliphatic carbocycles. The van der Waals surface area contributed by atoms with Crippen LogP contribution in [-0.4, -0.2) is 18.7 Å². The molecule has 6 heteroatoms. The van der Waals surface area contributed by atoms with E-state index >= 15 is 0 Å². The van der Waals surface area contributed by atoms with Gasteiger partial charge in [0.15, 0.2) is 0 Å². The quantitative estimate of drug-likeness (QED) is 0.863. The van der Waals surface area contributed by atoms with Gasteiger partial charge in [0.1, 0.15) is 5.82 Å². The van der Waals surface area contributed by atoms with Gasteiger partial charge < -0.3 is 10.1 Å². The van der Waals surface area contributed by atoms with E-state index in [1.165, 1.54) is 0 Å². The van der Waals surface area contributed by atoms with Crippen LogP contribution in [0.15, 0.2) is 18.2 Å². The first-order valence-electron chi connectivity index (χ1n) is 6.64. The van der Waals surface area contributed by atoms with Gasteiger partial charge in [0, 0.05) is 11.6 Å². The smallest absolute Gasteiger partial charge is 0.372 e. The van der Waals surface area contributed by atoms with E-state index in [4.69, 9.17) is 4.74 Å². The summed E-state index contributed by atoms with van der Waals surface area (Å²) in [5.41, 5.74) is -0.805. The van der Waals surface area contributed by atoms with Gasteiger partial charge in [-0.2, -0.15) is 13.2 Å². The molecule has 0 aromatic heterocycles. The van der Waals surface area contributed by atoms with E-state index in [1.807, 2.05) is 0 Å². The van der Waals surface area contributed by atoms with Gasteiger partial charge in [-0.05, 0) is 37.4 Å². The molecule has 0 amide bonds. The van der Waals surface area contributed by atoms with Crippen LogP contribution in [0.25, 0.3) is 0 Å². The molecule has 1 N–H and O–H groups in total. The zero-order valence-corrected chi connectivity index (χ0v) is 10.7. The van der Waals surface area contributed by atoms with Crippen molar-refractivity contribution < 1.29 is 22.3 Å². The van der Waals surface area contributed by atoms with Crippen molar-refractivity contribution in [2.24, 2.45) is 5.92 Å². The fourth-order valence-corrected chi connectivity index (χ4v) is 3.02. The molecular formula is C14H15F4NO. The van der Waals surface area contributed by atoms with Crippen LogP contribution >= 0.6 is 0 Å². The van der Waals surface area contributed by atoms with Crippen molar-refractivity contribution >= 4 is 0 Å². The fourth-order valence-electron chi connectivity index (χ4n) is 3.02. The summed E-state index contributed by atoms with van der Waals surface area (Å²) < 4.78 is 56.6. The Balaban J connectivity index is 1.63. The van der Waals surface area contributed by atoms with Crippen LogP contribution < -0.4 is 5.32 Å². The van der Waals surface area contributed by atoms with Crippen molar-refractivity contribution in [3.8, 4) is 0 Å². The Hall–Kier alpha value is -1.14. The van der Waals surface area contributed by atoms with E-state index in [1.54, 1.807) is 0 Å². The number of piperidine rings is 1. The van der Waals surface area contributed by atoms with Crippen molar-refractivity contribution in [3.05, 3.63) is 35.1 Å². The van der Waals surface area contributed by atoms with E-state index in [0.29, 0.717) is 18.0 Å². The van der Waals surface area contributed by atoms with Crippen molar-refractivity contribution in [1.82, 2.24) is 5.32 Å². The molecule has 1 aromatic carbocycles. The highest BCUT2D eigenvalue weighted by atomic mass is 19.4. The monoisotopic (exact) mass is 289 g/mol. The maximum atomic E-state index is 13.6. The number of rotatable bonds is 3. The largest absolute Gasteiger partial charge is 0.416 e. The van der Waals surface area contributed by atoms with E-state index in [-0.39, 0.29) is 18.3 Å². The summed E-state index contributed by atoms with van der Waals surface area (Å²) in [6.07, 6.45) is -2.47. The van der Waals surface area contributed by atoms with Crippen LogP contribution in [0.3, 0.4) is 0 Å². The molecule has 110 valence electrons. The van der Waals surface area contributed by atoms with Gasteiger partial charge >= 0.3 is 6.18 Å². The van der Waals surface area contributed by atoms with E-state index in [2.05, 4.69) is 5.32 Å². The summed E-state index contributed by atoms with van der Waals surface area (Å²) in [7, 11) is 0. The summed E-state index contributed by atoms with van der Waals surface area (Å²) in [6.45, 7) is 1.01. The lowest BCUT2D eigenvalue weighted by atomic mass is 10.1. The maximum Gasteiger partial charge on any atom is 0.416 e. The number of nitrogens with one attached hydrogen (secondary N) is 1. The number of hydrogen-bond donors (Lipinski definition) is 1. The Morgan fingerprint density at radius 1 is 1.25 bits per heavy atom. The average molecular weight is 289 g/mol. The fraction of sp³-hybridized carbons (Fsp3) is 0.571. The second-order valence-electron chi connectivity index (χ2n) is 5.51. The molecule has 0 spiro atoms. The van der Waals surface area contributed by atoms with Crippen LogP contribution in [0.4, 0.5) is 17.6 Å². The number of fused-ring (bicyclic) bond motifs is 2. The first-order chi connectivity index (χ1) is 9.43. The van der Waals surface area contributed by atoms with Crippen molar-refractivity contribution in [3.63, 3.8) is 0 Å². The minimum Gasteiger partial charge on any atom is -0.372 e. The third-order valence-corrected chi connectivity index (χ3v) is 4.10. The molecule has 1 saturated heterocycles. The Morgan fingerprint density at radius 2 is 2.05 bits per heavy atom. The first kappa shape index (κ1) is 13.8. The van der Waals surface area contributed by atoms with Gasteiger partial charge in [0.2, 0.25) is 0 Å². The lowest BCUT2D eigenvalue weighted by molar-refractivity contribution is -0.137. The first-order valence-corrected chi connectivity index (χ1v) is 6.64. The zero-order chi connectivity index (χ0) is 14.3. The minimum atomic E-state index is -4.52. The van der Waals surface area contributed by atoms with Gasteiger partial charge in [-0.25, -0.2) is 4.39 Å². The van der Waals surface area contributed by atoms with Crippen LogP contribution in [0, 0.1) is 11.7 Å². The topological polar surface area (TPSA) is 21.3 Å². The second-order valence-corrected chi connectivity index (χ2v) is 5.51. The molecule has 1 aromatic rings. The van der Waals surface area contributed by atoms with E-state index in [9.17, 15) is 17.6 Å². The highest BCUT2D eigenvalue weighted by Gasteiger charge is 2.40. The molecule has 2 bridgehead atoms. The maximum absolute atomic E-state index is 13.6. The van der Waals surface area contributed by atoms with Gasteiger partial charge in [0.25, 0.3) is 0 Å². The molecular weight excluding hydrogens is 274 g/mol. The van der Waals surface area contributed by atoms with E-state index < -0.39 is 17.6 Å². The number of hydrogen-bond acceptors (Lipinski definition) is 2. The highest BCUT2D eigenvalue weighted by Crippen LogP contribution is 2.34. The Bertz CT molecular complexity index is 502. The van der Waals surface area contributed by atoms with Crippen LogP contribution in [0.1, 0.15) is 24.0 Å². The molecule has 2 nitrogen and oxygen atoms in total. The Kier molecular flexibility index (Phi) is 3.46. The molecule has 2 fully saturated rings.